The van der Waals surface area contributed by atoms with E-state index >= 15 is 0 Å². The Labute approximate surface area is 140 Å². The zero-order valence-corrected chi connectivity index (χ0v) is 13.3. The van der Waals surface area contributed by atoms with Gasteiger partial charge in [0.25, 0.3) is 0 Å². The van der Waals surface area contributed by atoms with Gasteiger partial charge in [0.15, 0.2) is 0 Å². The standard InChI is InChI=1S/C14H13Cl2F3N2O2/c15-9-3-4-10(16)11(6-9)20-12(22)8-2-1-5-21(7-8)13(23)14(17,18)19/h3-4,6,8H,1-2,5,7H2,(H,20,22). The maximum Gasteiger partial charge on any atom is 0.471 e. The highest BCUT2D eigenvalue weighted by Crippen LogP contribution is 2.28. The third-order valence-electron chi connectivity index (χ3n) is 3.51. The molecule has 1 N–H and O–H groups in total. The Morgan fingerprint density at radius 1 is 1.26 bits per heavy atom. The maximum absolute atomic E-state index is 12.5. The summed E-state index contributed by atoms with van der Waals surface area (Å²) in [6, 6.07) is 4.49. The summed E-state index contributed by atoms with van der Waals surface area (Å²) < 4.78 is 37.4. The van der Waals surface area contributed by atoms with Gasteiger partial charge in [-0.25, -0.2) is 0 Å². The Balaban J connectivity index is 2.05. The molecule has 1 heterocycles. The van der Waals surface area contributed by atoms with E-state index in [0.29, 0.717) is 22.8 Å². The van der Waals surface area contributed by atoms with Crippen molar-refractivity contribution in [1.29, 1.82) is 0 Å². The number of nitrogens with one attached hydrogen (secondary N) is 1. The molecule has 1 aliphatic rings. The summed E-state index contributed by atoms with van der Waals surface area (Å²) in [4.78, 5) is 24.2. The van der Waals surface area contributed by atoms with Gasteiger partial charge in [0.2, 0.25) is 5.91 Å². The molecule has 2 rings (SSSR count). The molecule has 1 aromatic rings. The highest BCUT2D eigenvalue weighted by atomic mass is 35.5. The second-order valence-corrected chi connectivity index (χ2v) is 6.05. The first-order valence-corrected chi connectivity index (χ1v) is 7.56. The average molecular weight is 369 g/mol. The lowest BCUT2D eigenvalue weighted by atomic mass is 9.97. The predicted molar refractivity (Wildman–Crippen MR) is 80.5 cm³/mol. The molecule has 1 unspecified atom stereocenters. The first-order chi connectivity index (χ1) is 10.7. The lowest BCUT2D eigenvalue weighted by Gasteiger charge is -2.32. The molecule has 1 fully saturated rings. The number of carbonyl (C=O) groups is 2. The monoisotopic (exact) mass is 368 g/mol. The van der Waals surface area contributed by atoms with E-state index in [1.165, 1.54) is 12.1 Å². The van der Waals surface area contributed by atoms with E-state index in [4.69, 9.17) is 23.2 Å². The molecular formula is C14H13Cl2F3N2O2. The third kappa shape index (κ3) is 4.51. The predicted octanol–water partition coefficient (Wildman–Crippen LogP) is 3.73. The van der Waals surface area contributed by atoms with Gasteiger partial charge in [-0.15, -0.1) is 0 Å². The van der Waals surface area contributed by atoms with Crippen LogP contribution in [0.2, 0.25) is 10.0 Å². The number of carbonyl (C=O) groups excluding carboxylic acids is 2. The van der Waals surface area contributed by atoms with E-state index in [9.17, 15) is 22.8 Å². The van der Waals surface area contributed by atoms with Crippen molar-refractivity contribution in [2.24, 2.45) is 5.92 Å². The quantitative estimate of drug-likeness (QED) is 0.864. The van der Waals surface area contributed by atoms with E-state index in [0.717, 1.165) is 0 Å². The smallest absolute Gasteiger partial charge is 0.334 e. The molecule has 4 nitrogen and oxygen atoms in total. The highest BCUT2D eigenvalue weighted by Gasteiger charge is 2.44. The lowest BCUT2D eigenvalue weighted by molar-refractivity contribution is -0.187. The van der Waals surface area contributed by atoms with Crippen molar-refractivity contribution in [3.8, 4) is 0 Å². The second kappa shape index (κ2) is 6.97. The van der Waals surface area contributed by atoms with Gasteiger partial charge in [0, 0.05) is 18.1 Å². The molecule has 126 valence electrons. The number of hydrogen-bond donors (Lipinski definition) is 1. The number of rotatable bonds is 2. The van der Waals surface area contributed by atoms with Crippen molar-refractivity contribution in [2.75, 3.05) is 18.4 Å². The topological polar surface area (TPSA) is 49.4 Å². The van der Waals surface area contributed by atoms with Gasteiger partial charge < -0.3 is 10.2 Å². The molecule has 9 heteroatoms. The van der Waals surface area contributed by atoms with Gasteiger partial charge in [-0.1, -0.05) is 23.2 Å². The zero-order chi connectivity index (χ0) is 17.2. The van der Waals surface area contributed by atoms with Crippen molar-refractivity contribution in [3.63, 3.8) is 0 Å². The number of likely N-dealkylation sites (tertiary alicyclic amines) is 1. The van der Waals surface area contributed by atoms with Crippen molar-refractivity contribution >= 4 is 40.7 Å². The molecular weight excluding hydrogens is 356 g/mol. The zero-order valence-electron chi connectivity index (χ0n) is 11.8. The SMILES string of the molecule is O=C(Nc1cc(Cl)ccc1Cl)C1CCCN(C(=O)C(F)(F)F)C1. The number of nitrogens with zero attached hydrogens (tertiary/aromatic N) is 1. The summed E-state index contributed by atoms with van der Waals surface area (Å²) in [6.07, 6.45) is -4.22. The molecule has 0 spiro atoms. The molecule has 0 aromatic heterocycles. The minimum absolute atomic E-state index is 0.0138. The van der Waals surface area contributed by atoms with Crippen molar-refractivity contribution < 1.29 is 22.8 Å². The molecule has 1 atom stereocenters. The van der Waals surface area contributed by atoms with E-state index in [-0.39, 0.29) is 23.8 Å². The van der Waals surface area contributed by atoms with Crippen LogP contribution in [0.4, 0.5) is 18.9 Å². The Morgan fingerprint density at radius 3 is 2.61 bits per heavy atom. The van der Waals surface area contributed by atoms with Gasteiger partial charge in [-0.05, 0) is 31.0 Å². The summed E-state index contributed by atoms with van der Waals surface area (Å²) in [5.41, 5.74) is 0.281. The Kier molecular flexibility index (Phi) is 5.41. The third-order valence-corrected chi connectivity index (χ3v) is 4.07. The summed E-state index contributed by atoms with van der Waals surface area (Å²) in [6.45, 7) is -0.289. The molecule has 0 bridgehead atoms. The van der Waals surface area contributed by atoms with Crippen LogP contribution >= 0.6 is 23.2 Å². The van der Waals surface area contributed by atoms with Crippen LogP contribution in [-0.2, 0) is 9.59 Å². The minimum Gasteiger partial charge on any atom is -0.334 e. The number of amides is 2. The fourth-order valence-electron chi connectivity index (χ4n) is 2.38. The average Bonchev–Trinajstić information content (AvgIpc) is 2.49. The van der Waals surface area contributed by atoms with Crippen LogP contribution in [0.1, 0.15) is 12.8 Å². The number of benzene rings is 1. The summed E-state index contributed by atoms with van der Waals surface area (Å²) in [5, 5.41) is 3.17. The van der Waals surface area contributed by atoms with Gasteiger partial charge in [-0.3, -0.25) is 9.59 Å². The van der Waals surface area contributed by atoms with E-state index in [1.54, 1.807) is 6.07 Å². The first-order valence-electron chi connectivity index (χ1n) is 6.80. The molecule has 1 aliphatic heterocycles. The van der Waals surface area contributed by atoms with Crippen LogP contribution in [0, 0.1) is 5.92 Å². The van der Waals surface area contributed by atoms with Crippen LogP contribution in [0.3, 0.4) is 0 Å². The summed E-state index contributed by atoms with van der Waals surface area (Å²) in [7, 11) is 0. The molecule has 2 amide bonds. The summed E-state index contributed by atoms with van der Waals surface area (Å²) >= 11 is 11.7. The van der Waals surface area contributed by atoms with Crippen molar-refractivity contribution in [3.05, 3.63) is 28.2 Å². The normalized spacial score (nSPS) is 18.7. The largest absolute Gasteiger partial charge is 0.471 e. The summed E-state index contributed by atoms with van der Waals surface area (Å²) in [5.74, 6) is -3.14. The molecule has 1 saturated heterocycles. The lowest BCUT2D eigenvalue weighted by Crippen LogP contribution is -2.48. The van der Waals surface area contributed by atoms with Crippen LogP contribution < -0.4 is 5.32 Å². The molecule has 0 radical (unpaired) electrons. The van der Waals surface area contributed by atoms with Crippen LogP contribution in [-0.4, -0.2) is 36.0 Å². The second-order valence-electron chi connectivity index (χ2n) is 5.20. The molecule has 0 aliphatic carbocycles. The van der Waals surface area contributed by atoms with E-state index in [1.807, 2.05) is 0 Å². The Hall–Kier alpha value is -1.47. The maximum atomic E-state index is 12.5. The number of anilines is 1. The number of halogens is 5. The van der Waals surface area contributed by atoms with Crippen molar-refractivity contribution in [1.82, 2.24) is 4.90 Å². The van der Waals surface area contributed by atoms with Crippen LogP contribution in [0.15, 0.2) is 18.2 Å². The van der Waals surface area contributed by atoms with Crippen LogP contribution in [0.25, 0.3) is 0 Å². The Bertz CT molecular complexity index is 623. The van der Waals surface area contributed by atoms with Crippen molar-refractivity contribution in [2.45, 2.75) is 19.0 Å². The number of piperidine rings is 1. The van der Waals surface area contributed by atoms with E-state index < -0.39 is 23.9 Å². The molecule has 1 aromatic carbocycles. The number of alkyl halides is 3. The minimum atomic E-state index is -4.94. The molecule has 0 saturated carbocycles. The van der Waals surface area contributed by atoms with Gasteiger partial charge >= 0.3 is 12.1 Å². The van der Waals surface area contributed by atoms with Gasteiger partial charge in [0.1, 0.15) is 0 Å². The van der Waals surface area contributed by atoms with Gasteiger partial charge in [-0.2, -0.15) is 13.2 Å². The highest BCUT2D eigenvalue weighted by molar-refractivity contribution is 6.35. The Morgan fingerprint density at radius 2 is 1.96 bits per heavy atom. The van der Waals surface area contributed by atoms with Crippen LogP contribution in [0.5, 0.6) is 0 Å². The fourth-order valence-corrected chi connectivity index (χ4v) is 2.72. The van der Waals surface area contributed by atoms with Gasteiger partial charge in [0.05, 0.1) is 16.6 Å². The molecule has 23 heavy (non-hydrogen) atoms. The first kappa shape index (κ1) is 17.9. The van der Waals surface area contributed by atoms with E-state index in [2.05, 4.69) is 5.32 Å². The fraction of sp³-hybridized carbons (Fsp3) is 0.429. The number of hydrogen-bond acceptors (Lipinski definition) is 2.